The van der Waals surface area contributed by atoms with E-state index >= 15 is 0 Å². The van der Waals surface area contributed by atoms with Crippen LogP contribution < -0.4 is 5.32 Å². The fourth-order valence-electron chi connectivity index (χ4n) is 2.93. The van der Waals surface area contributed by atoms with Crippen LogP contribution in [0.15, 0.2) is 12.7 Å². The third kappa shape index (κ3) is 5.25. The minimum atomic E-state index is 0.508. The molecule has 1 aliphatic carbocycles. The van der Waals surface area contributed by atoms with E-state index in [0.29, 0.717) is 11.5 Å². The van der Waals surface area contributed by atoms with Crippen molar-refractivity contribution < 1.29 is 0 Å². The second-order valence-electron chi connectivity index (χ2n) is 6.92. The Bertz CT molecular complexity index is 218. The Labute approximate surface area is 108 Å². The van der Waals surface area contributed by atoms with Crippen molar-refractivity contribution in [1.29, 1.82) is 0 Å². The van der Waals surface area contributed by atoms with E-state index in [2.05, 4.69) is 39.6 Å². The molecule has 0 aromatic carbocycles. The summed E-state index contributed by atoms with van der Waals surface area (Å²) in [7, 11) is 0. The van der Waals surface area contributed by atoms with Gasteiger partial charge in [0.2, 0.25) is 0 Å². The monoisotopic (exact) mass is 237 g/mol. The van der Waals surface area contributed by atoms with Crippen molar-refractivity contribution in [2.45, 2.75) is 65.8 Å². The lowest BCUT2D eigenvalue weighted by molar-refractivity contribution is 0.148. The predicted octanol–water partition coefficient (Wildman–Crippen LogP) is 4.39. The number of nitrogens with one attached hydrogen (secondary N) is 1. The van der Waals surface area contributed by atoms with Gasteiger partial charge in [0.1, 0.15) is 0 Å². The van der Waals surface area contributed by atoms with Crippen LogP contribution in [0.1, 0.15) is 59.8 Å². The van der Waals surface area contributed by atoms with Crippen LogP contribution >= 0.6 is 0 Å². The van der Waals surface area contributed by atoms with Crippen molar-refractivity contribution in [3.05, 3.63) is 12.7 Å². The van der Waals surface area contributed by atoms with Crippen molar-refractivity contribution in [3.8, 4) is 0 Å². The minimum Gasteiger partial charge on any atom is -0.314 e. The van der Waals surface area contributed by atoms with Gasteiger partial charge < -0.3 is 5.32 Å². The maximum atomic E-state index is 3.79. The summed E-state index contributed by atoms with van der Waals surface area (Å²) in [5.74, 6) is 1.84. The van der Waals surface area contributed by atoms with Gasteiger partial charge in [-0.05, 0) is 62.8 Å². The zero-order valence-electron chi connectivity index (χ0n) is 12.3. The topological polar surface area (TPSA) is 12.0 Å². The van der Waals surface area contributed by atoms with Crippen LogP contribution in [-0.2, 0) is 0 Å². The molecule has 1 fully saturated rings. The van der Waals surface area contributed by atoms with Crippen LogP contribution in [0.4, 0.5) is 0 Å². The molecule has 1 atom stereocenters. The van der Waals surface area contributed by atoms with Crippen molar-refractivity contribution in [1.82, 2.24) is 5.32 Å². The molecule has 1 aliphatic rings. The molecule has 1 nitrogen and oxygen atoms in total. The molecule has 17 heavy (non-hydrogen) atoms. The molecule has 1 rings (SSSR count). The summed E-state index contributed by atoms with van der Waals surface area (Å²) in [6.07, 6.45) is 8.76. The fourth-order valence-corrected chi connectivity index (χ4v) is 2.93. The molecule has 0 spiro atoms. The minimum absolute atomic E-state index is 0.508. The number of hydrogen-bond donors (Lipinski definition) is 1. The third-order valence-electron chi connectivity index (χ3n) is 4.35. The Balaban J connectivity index is 2.21. The van der Waals surface area contributed by atoms with Crippen molar-refractivity contribution in [2.24, 2.45) is 17.3 Å². The molecule has 0 saturated heterocycles. The van der Waals surface area contributed by atoms with Gasteiger partial charge in [0.25, 0.3) is 0 Å². The number of rotatable bonds is 5. The molecular formula is C16H31N. The van der Waals surface area contributed by atoms with Crippen LogP contribution in [0, 0.1) is 17.3 Å². The first-order valence-electron chi connectivity index (χ1n) is 7.27. The van der Waals surface area contributed by atoms with Gasteiger partial charge >= 0.3 is 0 Å². The zero-order chi connectivity index (χ0) is 12.9. The average molecular weight is 237 g/mol. The Hall–Kier alpha value is -0.300. The SMILES string of the molecule is C=CCC(C)NCC1CCC(C(C)(C)C)CC1. The van der Waals surface area contributed by atoms with Gasteiger partial charge in [-0.1, -0.05) is 26.8 Å². The molecule has 1 unspecified atom stereocenters. The first-order chi connectivity index (χ1) is 7.93. The molecule has 0 amide bonds. The molecular weight excluding hydrogens is 206 g/mol. The first-order valence-corrected chi connectivity index (χ1v) is 7.27. The highest BCUT2D eigenvalue weighted by Crippen LogP contribution is 2.39. The van der Waals surface area contributed by atoms with E-state index in [1.807, 2.05) is 6.08 Å². The van der Waals surface area contributed by atoms with E-state index in [1.54, 1.807) is 0 Å². The maximum Gasteiger partial charge on any atom is 0.00732 e. The van der Waals surface area contributed by atoms with Gasteiger partial charge in [0, 0.05) is 6.04 Å². The molecule has 0 aromatic rings. The van der Waals surface area contributed by atoms with E-state index in [-0.39, 0.29) is 0 Å². The van der Waals surface area contributed by atoms with Gasteiger partial charge in [-0.15, -0.1) is 6.58 Å². The Morgan fingerprint density at radius 1 is 1.24 bits per heavy atom. The molecule has 1 N–H and O–H groups in total. The van der Waals surface area contributed by atoms with Crippen molar-refractivity contribution >= 4 is 0 Å². The molecule has 0 aromatic heterocycles. The standard InChI is InChI=1S/C16H31N/c1-6-7-13(2)17-12-14-8-10-15(11-9-14)16(3,4)5/h6,13-15,17H,1,7-12H2,2-5H3. The molecule has 1 heteroatoms. The lowest BCUT2D eigenvalue weighted by atomic mass is 9.70. The maximum absolute atomic E-state index is 3.79. The molecule has 100 valence electrons. The second kappa shape index (κ2) is 6.58. The third-order valence-corrected chi connectivity index (χ3v) is 4.35. The van der Waals surface area contributed by atoms with E-state index < -0.39 is 0 Å². The largest absolute Gasteiger partial charge is 0.314 e. The van der Waals surface area contributed by atoms with E-state index in [9.17, 15) is 0 Å². The Kier molecular flexibility index (Phi) is 5.72. The summed E-state index contributed by atoms with van der Waals surface area (Å²) >= 11 is 0. The van der Waals surface area contributed by atoms with Crippen LogP contribution in [-0.4, -0.2) is 12.6 Å². The summed E-state index contributed by atoms with van der Waals surface area (Å²) in [6.45, 7) is 14.4. The van der Waals surface area contributed by atoms with Crippen LogP contribution in [0.25, 0.3) is 0 Å². The van der Waals surface area contributed by atoms with Crippen molar-refractivity contribution in [3.63, 3.8) is 0 Å². The van der Waals surface area contributed by atoms with E-state index in [4.69, 9.17) is 0 Å². The van der Waals surface area contributed by atoms with Gasteiger partial charge in [-0.25, -0.2) is 0 Å². The lowest BCUT2D eigenvalue weighted by Gasteiger charge is -2.37. The fraction of sp³-hybridized carbons (Fsp3) is 0.875. The zero-order valence-corrected chi connectivity index (χ0v) is 12.3. The smallest absolute Gasteiger partial charge is 0.00732 e. The highest BCUT2D eigenvalue weighted by atomic mass is 14.9. The summed E-state index contributed by atoms with van der Waals surface area (Å²) in [5.41, 5.74) is 0.508. The highest BCUT2D eigenvalue weighted by Gasteiger charge is 2.29. The first kappa shape index (κ1) is 14.8. The second-order valence-corrected chi connectivity index (χ2v) is 6.92. The van der Waals surface area contributed by atoms with Gasteiger partial charge in [-0.2, -0.15) is 0 Å². The van der Waals surface area contributed by atoms with Gasteiger partial charge in [0.05, 0.1) is 0 Å². The van der Waals surface area contributed by atoms with Gasteiger partial charge in [0.15, 0.2) is 0 Å². The normalized spacial score (nSPS) is 27.8. The van der Waals surface area contributed by atoms with Crippen LogP contribution in [0.5, 0.6) is 0 Å². The van der Waals surface area contributed by atoms with E-state index in [0.717, 1.165) is 18.3 Å². The molecule has 0 bridgehead atoms. The van der Waals surface area contributed by atoms with Crippen LogP contribution in [0.2, 0.25) is 0 Å². The number of hydrogen-bond acceptors (Lipinski definition) is 1. The van der Waals surface area contributed by atoms with E-state index in [1.165, 1.54) is 32.2 Å². The average Bonchev–Trinajstić information content (AvgIpc) is 2.26. The van der Waals surface area contributed by atoms with Gasteiger partial charge in [-0.3, -0.25) is 0 Å². The van der Waals surface area contributed by atoms with Crippen molar-refractivity contribution in [2.75, 3.05) is 6.54 Å². The predicted molar refractivity (Wildman–Crippen MR) is 77.2 cm³/mol. The Morgan fingerprint density at radius 2 is 1.82 bits per heavy atom. The van der Waals surface area contributed by atoms with Crippen LogP contribution in [0.3, 0.4) is 0 Å². The molecule has 1 saturated carbocycles. The quantitative estimate of drug-likeness (QED) is 0.699. The summed E-state index contributed by atoms with van der Waals surface area (Å²) < 4.78 is 0. The molecule has 0 heterocycles. The highest BCUT2D eigenvalue weighted by molar-refractivity contribution is 4.82. The molecule has 0 aliphatic heterocycles. The Morgan fingerprint density at radius 3 is 2.29 bits per heavy atom. The summed E-state index contributed by atoms with van der Waals surface area (Å²) in [6, 6.07) is 0.591. The lowest BCUT2D eigenvalue weighted by Crippen LogP contribution is -2.34. The molecule has 0 radical (unpaired) electrons. The summed E-state index contributed by atoms with van der Waals surface area (Å²) in [5, 5.41) is 3.64. The summed E-state index contributed by atoms with van der Waals surface area (Å²) in [4.78, 5) is 0.